The van der Waals surface area contributed by atoms with Gasteiger partial charge in [0.1, 0.15) is 11.3 Å². The Morgan fingerprint density at radius 3 is 3.00 bits per heavy atom. The van der Waals surface area contributed by atoms with Gasteiger partial charge < -0.3 is 10.1 Å². The molecule has 110 valence electrons. The summed E-state index contributed by atoms with van der Waals surface area (Å²) in [5.41, 5.74) is 4.01. The molecule has 0 atom stereocenters. The minimum absolute atomic E-state index is 0.395. The van der Waals surface area contributed by atoms with E-state index in [4.69, 9.17) is 0 Å². The van der Waals surface area contributed by atoms with E-state index in [0.717, 1.165) is 34.7 Å². The van der Waals surface area contributed by atoms with Crippen LogP contribution in [-0.2, 0) is 19.6 Å². The predicted octanol–water partition coefficient (Wildman–Crippen LogP) is 2.17. The first kappa shape index (κ1) is 13.0. The van der Waals surface area contributed by atoms with Crippen molar-refractivity contribution in [3.05, 3.63) is 59.0 Å². The summed E-state index contributed by atoms with van der Waals surface area (Å²) in [4.78, 5) is 25.4. The molecule has 0 amide bonds. The number of pyridine rings is 1. The van der Waals surface area contributed by atoms with E-state index in [1.54, 1.807) is 18.3 Å². The van der Waals surface area contributed by atoms with Crippen molar-refractivity contribution in [2.75, 3.05) is 0 Å². The number of fused-ring (bicyclic) bond motifs is 2. The maximum Gasteiger partial charge on any atom is 0.336 e. The predicted molar refractivity (Wildman–Crippen MR) is 80.2 cm³/mol. The molecule has 0 aliphatic carbocycles. The van der Waals surface area contributed by atoms with Crippen LogP contribution in [0.3, 0.4) is 0 Å². The average Bonchev–Trinajstić information content (AvgIpc) is 3.08. The second kappa shape index (κ2) is 4.92. The molecule has 4 rings (SSSR count). The lowest BCUT2D eigenvalue weighted by Crippen LogP contribution is -2.17. The summed E-state index contributed by atoms with van der Waals surface area (Å²) in [6.45, 7) is 2.01. The number of aromatic nitrogens is 3. The third-order valence-electron chi connectivity index (χ3n) is 3.96. The fraction of sp³-hybridized carbons (Fsp3) is 0.188. The van der Waals surface area contributed by atoms with E-state index in [2.05, 4.69) is 19.9 Å². The zero-order chi connectivity index (χ0) is 15.1. The summed E-state index contributed by atoms with van der Waals surface area (Å²) >= 11 is 0. The second-order valence-corrected chi connectivity index (χ2v) is 5.45. The summed E-state index contributed by atoms with van der Waals surface area (Å²) in [7, 11) is 0. The van der Waals surface area contributed by atoms with Gasteiger partial charge in [-0.1, -0.05) is 12.1 Å². The zero-order valence-corrected chi connectivity index (χ0v) is 11.8. The summed E-state index contributed by atoms with van der Waals surface area (Å²) < 4.78 is 0. The van der Waals surface area contributed by atoms with Crippen molar-refractivity contribution in [3.63, 3.8) is 0 Å². The maximum atomic E-state index is 11.3. The van der Waals surface area contributed by atoms with Crippen molar-refractivity contribution in [3.8, 4) is 0 Å². The van der Waals surface area contributed by atoms with Crippen LogP contribution in [0, 0.1) is 0 Å². The molecule has 0 radical (unpaired) electrons. The second-order valence-electron chi connectivity index (χ2n) is 5.45. The fourth-order valence-corrected chi connectivity index (χ4v) is 2.98. The number of carboxylic acids is 1. The van der Waals surface area contributed by atoms with Crippen LogP contribution in [0.25, 0.3) is 11.2 Å². The molecule has 3 heterocycles. The Morgan fingerprint density at radius 1 is 1.27 bits per heavy atom. The normalized spacial score (nSPS) is 14.4. The summed E-state index contributed by atoms with van der Waals surface area (Å²) in [6, 6.07) is 9.23. The van der Waals surface area contributed by atoms with Gasteiger partial charge in [0.15, 0.2) is 5.65 Å². The van der Waals surface area contributed by atoms with Gasteiger partial charge in [0.2, 0.25) is 0 Å². The first-order valence-electron chi connectivity index (χ1n) is 7.07. The van der Waals surface area contributed by atoms with Crippen LogP contribution < -0.4 is 0 Å². The number of imidazole rings is 1. The SMILES string of the molecule is O=C(O)c1cccc2c1CN(Cc1nc3cccnc3[nH]1)C2. The van der Waals surface area contributed by atoms with Crippen molar-refractivity contribution in [2.24, 2.45) is 0 Å². The maximum absolute atomic E-state index is 11.3. The van der Waals surface area contributed by atoms with Gasteiger partial charge in [-0.3, -0.25) is 4.90 Å². The van der Waals surface area contributed by atoms with Gasteiger partial charge in [0.05, 0.1) is 12.1 Å². The molecule has 1 aliphatic rings. The molecule has 0 bridgehead atoms. The van der Waals surface area contributed by atoms with E-state index in [1.165, 1.54) is 0 Å². The minimum Gasteiger partial charge on any atom is -0.478 e. The van der Waals surface area contributed by atoms with Crippen LogP contribution >= 0.6 is 0 Å². The summed E-state index contributed by atoms with van der Waals surface area (Å²) in [5.74, 6) is -0.0231. The van der Waals surface area contributed by atoms with Gasteiger partial charge in [0.25, 0.3) is 0 Å². The van der Waals surface area contributed by atoms with E-state index in [-0.39, 0.29) is 0 Å². The quantitative estimate of drug-likeness (QED) is 0.773. The van der Waals surface area contributed by atoms with Gasteiger partial charge in [-0.15, -0.1) is 0 Å². The van der Waals surface area contributed by atoms with Crippen LogP contribution in [-0.4, -0.2) is 30.9 Å². The topological polar surface area (TPSA) is 82.1 Å². The minimum atomic E-state index is -0.869. The number of nitrogens with one attached hydrogen (secondary N) is 1. The van der Waals surface area contributed by atoms with Crippen molar-refractivity contribution < 1.29 is 9.90 Å². The molecule has 6 nitrogen and oxygen atoms in total. The number of rotatable bonds is 3. The van der Waals surface area contributed by atoms with Gasteiger partial charge in [0, 0.05) is 19.3 Å². The van der Waals surface area contributed by atoms with Crippen molar-refractivity contribution in [1.82, 2.24) is 19.9 Å². The smallest absolute Gasteiger partial charge is 0.336 e. The Kier molecular flexibility index (Phi) is 2.90. The zero-order valence-electron chi connectivity index (χ0n) is 11.8. The summed E-state index contributed by atoms with van der Waals surface area (Å²) in [5, 5.41) is 9.27. The lowest BCUT2D eigenvalue weighted by Gasteiger charge is -2.12. The molecule has 22 heavy (non-hydrogen) atoms. The lowest BCUT2D eigenvalue weighted by molar-refractivity contribution is 0.0695. The van der Waals surface area contributed by atoms with Gasteiger partial charge >= 0.3 is 5.97 Å². The number of aromatic amines is 1. The highest BCUT2D eigenvalue weighted by molar-refractivity contribution is 5.90. The molecule has 3 aromatic rings. The molecule has 2 N–H and O–H groups in total. The monoisotopic (exact) mass is 294 g/mol. The number of nitrogens with zero attached hydrogens (tertiary/aromatic N) is 3. The molecule has 0 unspecified atom stereocenters. The first-order valence-corrected chi connectivity index (χ1v) is 7.07. The molecule has 6 heteroatoms. The van der Waals surface area contributed by atoms with E-state index >= 15 is 0 Å². The Bertz CT molecular complexity index is 838. The van der Waals surface area contributed by atoms with Crippen LogP contribution in [0.1, 0.15) is 27.3 Å². The van der Waals surface area contributed by atoms with E-state index < -0.39 is 5.97 Å². The Labute approximate surface area is 126 Å². The van der Waals surface area contributed by atoms with Gasteiger partial charge in [-0.25, -0.2) is 14.8 Å². The molecule has 2 aromatic heterocycles. The number of hydrogen-bond acceptors (Lipinski definition) is 4. The van der Waals surface area contributed by atoms with E-state index in [0.29, 0.717) is 18.7 Å². The largest absolute Gasteiger partial charge is 0.478 e. The number of H-pyrrole nitrogens is 1. The highest BCUT2D eigenvalue weighted by Crippen LogP contribution is 2.27. The fourth-order valence-electron chi connectivity index (χ4n) is 2.98. The van der Waals surface area contributed by atoms with Gasteiger partial charge in [-0.05, 0) is 29.3 Å². The third-order valence-corrected chi connectivity index (χ3v) is 3.96. The average molecular weight is 294 g/mol. The highest BCUT2D eigenvalue weighted by atomic mass is 16.4. The third kappa shape index (κ3) is 2.14. The Balaban J connectivity index is 1.58. The van der Waals surface area contributed by atoms with Crippen LogP contribution in [0.5, 0.6) is 0 Å². The Hall–Kier alpha value is -2.73. The number of carboxylic acid groups (broad SMARTS) is 1. The van der Waals surface area contributed by atoms with Crippen LogP contribution in [0.15, 0.2) is 36.5 Å². The molecule has 0 saturated carbocycles. The van der Waals surface area contributed by atoms with Crippen LogP contribution in [0.2, 0.25) is 0 Å². The number of benzene rings is 1. The summed E-state index contributed by atoms with van der Waals surface area (Å²) in [6.07, 6.45) is 1.73. The van der Waals surface area contributed by atoms with Crippen molar-refractivity contribution >= 4 is 17.1 Å². The molecule has 0 spiro atoms. The van der Waals surface area contributed by atoms with Gasteiger partial charge in [-0.2, -0.15) is 0 Å². The molecule has 1 aliphatic heterocycles. The van der Waals surface area contributed by atoms with E-state index in [1.807, 2.05) is 18.2 Å². The number of carbonyl (C=O) groups is 1. The molecular formula is C16H14N4O2. The number of aromatic carboxylic acids is 1. The molecule has 1 aromatic carbocycles. The van der Waals surface area contributed by atoms with Crippen molar-refractivity contribution in [1.29, 1.82) is 0 Å². The van der Waals surface area contributed by atoms with Crippen LogP contribution in [0.4, 0.5) is 0 Å². The first-order chi connectivity index (χ1) is 10.7. The van der Waals surface area contributed by atoms with E-state index in [9.17, 15) is 9.90 Å². The van der Waals surface area contributed by atoms with Crippen molar-refractivity contribution in [2.45, 2.75) is 19.6 Å². The number of hydrogen-bond donors (Lipinski definition) is 2. The highest BCUT2D eigenvalue weighted by Gasteiger charge is 2.24. The Morgan fingerprint density at radius 2 is 2.18 bits per heavy atom. The lowest BCUT2D eigenvalue weighted by atomic mass is 10.0. The molecule has 0 fully saturated rings. The molecule has 0 saturated heterocycles. The molecular weight excluding hydrogens is 280 g/mol. The standard InChI is InChI=1S/C16H14N4O2/c21-16(22)11-4-1-3-10-7-20(8-12(10)11)9-14-18-13-5-2-6-17-15(13)19-14/h1-6H,7-9H2,(H,21,22)(H,17,18,19).